The molecule has 118 valence electrons. The van der Waals surface area contributed by atoms with E-state index in [1.54, 1.807) is 25.4 Å². The van der Waals surface area contributed by atoms with Crippen molar-refractivity contribution in [1.82, 2.24) is 19.6 Å². The zero-order chi connectivity index (χ0) is 15.5. The van der Waals surface area contributed by atoms with E-state index in [1.165, 1.54) is 17.4 Å². The van der Waals surface area contributed by atoms with E-state index in [-0.39, 0.29) is 18.0 Å². The molecule has 1 aliphatic carbocycles. The van der Waals surface area contributed by atoms with Gasteiger partial charge in [-0.15, -0.1) is 5.10 Å². The molecular formula is C15H21N5O2. The Balaban J connectivity index is 1.58. The van der Waals surface area contributed by atoms with Gasteiger partial charge in [0.05, 0.1) is 6.10 Å². The predicted molar refractivity (Wildman–Crippen MR) is 81.4 cm³/mol. The van der Waals surface area contributed by atoms with Gasteiger partial charge in [-0.1, -0.05) is 19.8 Å². The Bertz CT molecular complexity index is 623. The average molecular weight is 303 g/mol. The molecule has 1 amide bonds. The third-order valence-electron chi connectivity index (χ3n) is 4.01. The molecular weight excluding hydrogens is 282 g/mol. The molecule has 0 saturated heterocycles. The molecule has 7 heteroatoms. The first-order valence-electron chi connectivity index (χ1n) is 7.75. The number of anilines is 1. The minimum absolute atomic E-state index is 0.167. The summed E-state index contributed by atoms with van der Waals surface area (Å²) in [4.78, 5) is 20.4. The number of aromatic nitrogens is 4. The van der Waals surface area contributed by atoms with Crippen LogP contribution in [0.3, 0.4) is 0 Å². The van der Waals surface area contributed by atoms with Gasteiger partial charge in [-0.05, 0) is 31.7 Å². The lowest BCUT2D eigenvalue weighted by Crippen LogP contribution is -2.34. The van der Waals surface area contributed by atoms with Crippen molar-refractivity contribution >= 4 is 17.6 Å². The Morgan fingerprint density at radius 2 is 2.36 bits per heavy atom. The Morgan fingerprint density at radius 3 is 3.14 bits per heavy atom. The smallest absolute Gasteiger partial charge is 0.255 e. The zero-order valence-electron chi connectivity index (χ0n) is 12.9. The van der Waals surface area contributed by atoms with Crippen molar-refractivity contribution in [2.24, 2.45) is 5.92 Å². The van der Waals surface area contributed by atoms with Gasteiger partial charge in [0.2, 0.25) is 0 Å². The van der Waals surface area contributed by atoms with Gasteiger partial charge in [0.15, 0.2) is 0 Å². The van der Waals surface area contributed by atoms with Crippen molar-refractivity contribution in [1.29, 1.82) is 0 Å². The van der Waals surface area contributed by atoms with Crippen LogP contribution in [0, 0.1) is 5.92 Å². The van der Waals surface area contributed by atoms with Gasteiger partial charge in [0.25, 0.3) is 17.6 Å². The topological polar surface area (TPSA) is 81.4 Å². The number of nitrogens with zero attached hydrogens (tertiary/aromatic N) is 4. The quantitative estimate of drug-likeness (QED) is 0.935. The number of carbonyl (C=O) groups excluding carboxylic acids is 1. The third-order valence-corrected chi connectivity index (χ3v) is 4.01. The van der Waals surface area contributed by atoms with Crippen LogP contribution in [-0.4, -0.2) is 37.7 Å². The second-order valence-electron chi connectivity index (χ2n) is 5.96. The maximum absolute atomic E-state index is 12.2. The number of amides is 1. The van der Waals surface area contributed by atoms with Crippen LogP contribution in [0.4, 0.5) is 5.95 Å². The van der Waals surface area contributed by atoms with Crippen molar-refractivity contribution in [3.8, 4) is 0 Å². The van der Waals surface area contributed by atoms with E-state index in [9.17, 15) is 4.79 Å². The van der Waals surface area contributed by atoms with Gasteiger partial charge in [0.1, 0.15) is 6.10 Å². The molecule has 7 nitrogen and oxygen atoms in total. The highest BCUT2D eigenvalue weighted by molar-refractivity contribution is 5.92. The van der Waals surface area contributed by atoms with Gasteiger partial charge in [-0.25, -0.2) is 9.50 Å². The molecule has 0 aromatic carbocycles. The first-order chi connectivity index (χ1) is 10.6. The highest BCUT2D eigenvalue weighted by Crippen LogP contribution is 2.26. The van der Waals surface area contributed by atoms with E-state index >= 15 is 0 Å². The van der Waals surface area contributed by atoms with Crippen molar-refractivity contribution in [3.63, 3.8) is 0 Å². The summed E-state index contributed by atoms with van der Waals surface area (Å²) < 4.78 is 7.40. The van der Waals surface area contributed by atoms with E-state index in [2.05, 4.69) is 27.3 Å². The summed E-state index contributed by atoms with van der Waals surface area (Å²) in [6, 6.07) is 1.75. The molecule has 22 heavy (non-hydrogen) atoms. The van der Waals surface area contributed by atoms with Crippen LogP contribution in [0.1, 0.15) is 39.5 Å². The molecule has 0 bridgehead atoms. The fourth-order valence-corrected chi connectivity index (χ4v) is 2.85. The first-order valence-corrected chi connectivity index (χ1v) is 7.75. The van der Waals surface area contributed by atoms with Crippen molar-refractivity contribution in [2.45, 2.75) is 51.7 Å². The van der Waals surface area contributed by atoms with Crippen LogP contribution in [0.15, 0.2) is 18.5 Å². The van der Waals surface area contributed by atoms with Crippen LogP contribution in [-0.2, 0) is 9.53 Å². The van der Waals surface area contributed by atoms with Crippen molar-refractivity contribution in [2.75, 3.05) is 5.32 Å². The van der Waals surface area contributed by atoms with E-state index in [4.69, 9.17) is 4.74 Å². The van der Waals surface area contributed by atoms with Crippen molar-refractivity contribution < 1.29 is 9.53 Å². The molecule has 1 saturated carbocycles. The second kappa shape index (κ2) is 6.39. The van der Waals surface area contributed by atoms with Crippen LogP contribution < -0.4 is 5.32 Å². The fraction of sp³-hybridized carbons (Fsp3) is 0.600. The maximum atomic E-state index is 12.2. The lowest BCUT2D eigenvalue weighted by molar-refractivity contribution is -0.131. The van der Waals surface area contributed by atoms with Gasteiger partial charge < -0.3 is 4.74 Å². The third kappa shape index (κ3) is 3.41. The second-order valence-corrected chi connectivity index (χ2v) is 5.96. The number of rotatable bonds is 4. The molecule has 2 heterocycles. The Morgan fingerprint density at radius 1 is 1.50 bits per heavy atom. The molecule has 1 fully saturated rings. The average Bonchev–Trinajstić information content (AvgIpc) is 2.89. The summed E-state index contributed by atoms with van der Waals surface area (Å²) in [5.74, 6) is 1.14. The first kappa shape index (κ1) is 14.9. The number of fused-ring (bicyclic) bond motifs is 1. The van der Waals surface area contributed by atoms with E-state index in [0.29, 0.717) is 11.7 Å². The maximum Gasteiger partial charge on any atom is 0.255 e. The Hall–Kier alpha value is -2.02. The van der Waals surface area contributed by atoms with Gasteiger partial charge in [-0.2, -0.15) is 4.98 Å². The van der Waals surface area contributed by atoms with E-state index < -0.39 is 6.10 Å². The van der Waals surface area contributed by atoms with E-state index in [1.807, 2.05) is 0 Å². The van der Waals surface area contributed by atoms with Crippen LogP contribution >= 0.6 is 0 Å². The minimum Gasteiger partial charge on any atom is -0.365 e. The summed E-state index contributed by atoms with van der Waals surface area (Å²) in [6.45, 7) is 4.00. The summed E-state index contributed by atoms with van der Waals surface area (Å²) in [5, 5.41) is 6.83. The summed E-state index contributed by atoms with van der Waals surface area (Å²) in [7, 11) is 0. The van der Waals surface area contributed by atoms with Gasteiger partial charge in [0, 0.05) is 12.4 Å². The molecule has 0 spiro atoms. The number of ether oxygens (including phenoxy) is 1. The summed E-state index contributed by atoms with van der Waals surface area (Å²) in [6.07, 6.45) is 7.47. The number of carbonyl (C=O) groups is 1. The molecule has 1 N–H and O–H groups in total. The van der Waals surface area contributed by atoms with Gasteiger partial charge >= 0.3 is 0 Å². The predicted octanol–water partition coefficient (Wildman–Crippen LogP) is 2.05. The normalized spacial score (nSPS) is 23.4. The van der Waals surface area contributed by atoms with Crippen LogP contribution in [0.5, 0.6) is 0 Å². The molecule has 2 aromatic heterocycles. The Labute approximate surface area is 129 Å². The van der Waals surface area contributed by atoms with Crippen LogP contribution in [0.2, 0.25) is 0 Å². The van der Waals surface area contributed by atoms with Crippen molar-refractivity contribution in [3.05, 3.63) is 18.5 Å². The molecule has 0 unspecified atom stereocenters. The SMILES string of the molecule is C[C@@H]1CCC[C@@H](O[C@@H](C)C(=O)Nc2nc3ncccn3n2)C1. The molecule has 1 aliphatic rings. The molecule has 3 rings (SSSR count). The largest absolute Gasteiger partial charge is 0.365 e. The Kier molecular flexibility index (Phi) is 4.33. The number of hydrogen-bond donors (Lipinski definition) is 1. The monoisotopic (exact) mass is 303 g/mol. The lowest BCUT2D eigenvalue weighted by atomic mass is 9.88. The van der Waals surface area contributed by atoms with E-state index in [0.717, 1.165) is 12.8 Å². The fourth-order valence-electron chi connectivity index (χ4n) is 2.85. The summed E-state index contributed by atoms with van der Waals surface area (Å²) in [5.41, 5.74) is 0. The minimum atomic E-state index is -0.519. The molecule has 2 aromatic rings. The number of hydrogen-bond acceptors (Lipinski definition) is 5. The molecule has 3 atom stereocenters. The molecule has 0 radical (unpaired) electrons. The standard InChI is InChI=1S/C15H21N5O2/c1-10-5-3-6-12(9-10)22-11(2)13(21)17-14-18-15-16-7-4-8-20(15)19-14/h4,7-8,10-12H,3,5-6,9H2,1-2H3,(H,17,19,21)/t10-,11+,12-/m1/s1. The highest BCUT2D eigenvalue weighted by Gasteiger charge is 2.24. The highest BCUT2D eigenvalue weighted by atomic mass is 16.5. The zero-order valence-corrected chi connectivity index (χ0v) is 12.9. The molecule has 0 aliphatic heterocycles. The van der Waals surface area contributed by atoms with Gasteiger partial charge in [-0.3, -0.25) is 10.1 Å². The lowest BCUT2D eigenvalue weighted by Gasteiger charge is -2.28. The number of nitrogens with one attached hydrogen (secondary N) is 1. The summed E-state index contributed by atoms with van der Waals surface area (Å²) >= 11 is 0. The van der Waals surface area contributed by atoms with Crippen LogP contribution in [0.25, 0.3) is 5.78 Å².